The van der Waals surface area contributed by atoms with Crippen molar-refractivity contribution in [1.29, 1.82) is 0 Å². The van der Waals surface area contributed by atoms with Crippen LogP contribution in [0.25, 0.3) is 0 Å². The highest BCUT2D eigenvalue weighted by molar-refractivity contribution is 5.90. The van der Waals surface area contributed by atoms with Gasteiger partial charge in [-0.25, -0.2) is 0 Å². The Bertz CT molecular complexity index is 384. The number of aliphatic carboxylic acids is 1. The van der Waals surface area contributed by atoms with E-state index in [1.807, 2.05) is 0 Å². The van der Waals surface area contributed by atoms with E-state index in [1.54, 1.807) is 38.1 Å². The van der Waals surface area contributed by atoms with Gasteiger partial charge in [-0.15, -0.1) is 0 Å². The van der Waals surface area contributed by atoms with Crippen LogP contribution in [0.4, 0.5) is 5.69 Å². The number of nitrogens with one attached hydrogen (secondary N) is 1. The van der Waals surface area contributed by atoms with Gasteiger partial charge in [-0.2, -0.15) is 0 Å². The molecule has 0 aliphatic rings. The average molecular weight is 221 g/mol. The first-order chi connectivity index (χ1) is 7.54. The molecule has 4 heteroatoms. The van der Waals surface area contributed by atoms with Gasteiger partial charge in [0.1, 0.15) is 0 Å². The van der Waals surface area contributed by atoms with Gasteiger partial charge in [-0.1, -0.05) is 19.1 Å². The minimum Gasteiger partial charge on any atom is -0.481 e. The van der Waals surface area contributed by atoms with Gasteiger partial charge < -0.3 is 10.4 Å². The van der Waals surface area contributed by atoms with Crippen molar-refractivity contribution in [2.75, 3.05) is 5.32 Å². The lowest BCUT2D eigenvalue weighted by Gasteiger charge is -2.08. The Morgan fingerprint density at radius 3 is 2.31 bits per heavy atom. The van der Waals surface area contributed by atoms with Crippen molar-refractivity contribution in [3.63, 3.8) is 0 Å². The molecule has 1 amide bonds. The summed E-state index contributed by atoms with van der Waals surface area (Å²) in [5.41, 5.74) is 1.41. The number of hydrogen-bond donors (Lipinski definition) is 2. The van der Waals surface area contributed by atoms with E-state index in [4.69, 9.17) is 5.11 Å². The molecule has 16 heavy (non-hydrogen) atoms. The van der Waals surface area contributed by atoms with Gasteiger partial charge in [0, 0.05) is 12.1 Å². The van der Waals surface area contributed by atoms with E-state index in [1.165, 1.54) is 0 Å². The lowest BCUT2D eigenvalue weighted by molar-refractivity contribution is -0.138. The van der Waals surface area contributed by atoms with Crippen molar-refractivity contribution in [3.05, 3.63) is 29.8 Å². The van der Waals surface area contributed by atoms with Crippen molar-refractivity contribution < 1.29 is 14.7 Å². The Morgan fingerprint density at radius 1 is 1.31 bits per heavy atom. The van der Waals surface area contributed by atoms with E-state index < -0.39 is 11.9 Å². The third-order valence-corrected chi connectivity index (χ3v) is 2.39. The van der Waals surface area contributed by atoms with Crippen molar-refractivity contribution in [3.8, 4) is 0 Å². The molecule has 0 heterocycles. The summed E-state index contributed by atoms with van der Waals surface area (Å²) in [6.07, 6.45) is 0.424. The van der Waals surface area contributed by atoms with Crippen LogP contribution in [0.3, 0.4) is 0 Å². The third-order valence-electron chi connectivity index (χ3n) is 2.39. The maximum atomic E-state index is 11.1. The summed E-state index contributed by atoms with van der Waals surface area (Å²) in [5.74, 6) is -1.44. The van der Waals surface area contributed by atoms with Crippen LogP contribution in [0.1, 0.15) is 31.7 Å². The number of carbonyl (C=O) groups is 2. The zero-order valence-corrected chi connectivity index (χ0v) is 9.36. The van der Waals surface area contributed by atoms with Crippen LogP contribution in [0, 0.1) is 0 Å². The predicted molar refractivity (Wildman–Crippen MR) is 61.4 cm³/mol. The Hall–Kier alpha value is -1.84. The van der Waals surface area contributed by atoms with Crippen LogP contribution in [0.5, 0.6) is 0 Å². The van der Waals surface area contributed by atoms with Gasteiger partial charge in [-0.05, 0) is 24.6 Å². The summed E-state index contributed by atoms with van der Waals surface area (Å²) in [7, 11) is 0. The zero-order chi connectivity index (χ0) is 12.1. The smallest absolute Gasteiger partial charge is 0.310 e. The summed E-state index contributed by atoms with van der Waals surface area (Å²) >= 11 is 0. The van der Waals surface area contributed by atoms with E-state index >= 15 is 0 Å². The average Bonchev–Trinajstić information content (AvgIpc) is 2.28. The van der Waals surface area contributed by atoms with Gasteiger partial charge in [-0.3, -0.25) is 9.59 Å². The molecule has 1 unspecified atom stereocenters. The lowest BCUT2D eigenvalue weighted by atomic mass is 10.0. The number of hydrogen-bond acceptors (Lipinski definition) is 2. The number of rotatable bonds is 4. The molecule has 0 aliphatic heterocycles. The highest BCUT2D eigenvalue weighted by atomic mass is 16.4. The standard InChI is InChI=1S/C12H15NO3/c1-3-11(14)13-10-6-4-9(5-7-10)8(2)12(15)16/h4-8H,3H2,1-2H3,(H,13,14)(H,15,16). The van der Waals surface area contributed by atoms with Gasteiger partial charge in [0.25, 0.3) is 0 Å². The number of carboxylic acid groups (broad SMARTS) is 1. The fourth-order valence-corrected chi connectivity index (χ4v) is 1.25. The molecule has 2 N–H and O–H groups in total. The number of carbonyl (C=O) groups excluding carboxylic acids is 1. The largest absolute Gasteiger partial charge is 0.481 e. The summed E-state index contributed by atoms with van der Waals surface area (Å²) < 4.78 is 0. The van der Waals surface area contributed by atoms with Crippen molar-refractivity contribution in [2.45, 2.75) is 26.2 Å². The number of anilines is 1. The topological polar surface area (TPSA) is 66.4 Å². The molecule has 1 atom stereocenters. The highest BCUT2D eigenvalue weighted by Gasteiger charge is 2.12. The molecule has 0 spiro atoms. The minimum atomic E-state index is -0.856. The Balaban J connectivity index is 2.75. The second kappa shape index (κ2) is 5.30. The Kier molecular flexibility index (Phi) is 4.05. The van der Waals surface area contributed by atoms with Gasteiger partial charge in [0.15, 0.2) is 0 Å². The number of amides is 1. The second-order valence-electron chi connectivity index (χ2n) is 3.58. The monoisotopic (exact) mass is 221 g/mol. The third kappa shape index (κ3) is 3.08. The molecule has 1 aromatic rings. The summed E-state index contributed by atoms with van der Waals surface area (Å²) in [4.78, 5) is 21.8. The van der Waals surface area contributed by atoms with Crippen molar-refractivity contribution >= 4 is 17.6 Å². The first-order valence-corrected chi connectivity index (χ1v) is 5.17. The van der Waals surface area contributed by atoms with E-state index in [2.05, 4.69) is 5.32 Å². The molecular formula is C12H15NO3. The molecule has 0 aromatic heterocycles. The van der Waals surface area contributed by atoms with Crippen LogP contribution in [0.15, 0.2) is 24.3 Å². The van der Waals surface area contributed by atoms with Crippen molar-refractivity contribution in [1.82, 2.24) is 0 Å². The van der Waals surface area contributed by atoms with Gasteiger partial charge in [0.05, 0.1) is 5.92 Å². The lowest BCUT2D eigenvalue weighted by Crippen LogP contribution is -2.10. The van der Waals surface area contributed by atoms with Crippen LogP contribution >= 0.6 is 0 Å². The molecule has 0 saturated heterocycles. The van der Waals surface area contributed by atoms with E-state index in [0.717, 1.165) is 5.56 Å². The Labute approximate surface area is 94.3 Å². The highest BCUT2D eigenvalue weighted by Crippen LogP contribution is 2.18. The van der Waals surface area contributed by atoms with Crippen molar-refractivity contribution in [2.24, 2.45) is 0 Å². The quantitative estimate of drug-likeness (QED) is 0.819. The van der Waals surface area contributed by atoms with Crippen LogP contribution in [0.2, 0.25) is 0 Å². The van der Waals surface area contributed by atoms with Crippen LogP contribution < -0.4 is 5.32 Å². The van der Waals surface area contributed by atoms with Gasteiger partial charge >= 0.3 is 5.97 Å². The fourth-order valence-electron chi connectivity index (χ4n) is 1.25. The molecule has 1 aromatic carbocycles. The predicted octanol–water partition coefficient (Wildman–Crippen LogP) is 2.22. The maximum absolute atomic E-state index is 11.1. The molecule has 4 nitrogen and oxygen atoms in total. The first kappa shape index (κ1) is 12.2. The van der Waals surface area contributed by atoms with E-state index in [-0.39, 0.29) is 5.91 Å². The number of benzene rings is 1. The molecular weight excluding hydrogens is 206 g/mol. The molecule has 0 radical (unpaired) electrons. The molecule has 0 bridgehead atoms. The summed E-state index contributed by atoms with van der Waals surface area (Å²) in [6.45, 7) is 3.40. The number of carboxylic acids is 1. The van der Waals surface area contributed by atoms with Crippen LogP contribution in [-0.2, 0) is 9.59 Å². The minimum absolute atomic E-state index is 0.0565. The first-order valence-electron chi connectivity index (χ1n) is 5.17. The molecule has 0 aliphatic carbocycles. The Morgan fingerprint density at radius 2 is 1.88 bits per heavy atom. The molecule has 1 rings (SSSR count). The molecule has 0 fully saturated rings. The SMILES string of the molecule is CCC(=O)Nc1ccc(C(C)C(=O)O)cc1. The van der Waals surface area contributed by atoms with Gasteiger partial charge in [0.2, 0.25) is 5.91 Å². The van der Waals surface area contributed by atoms with Crippen LogP contribution in [-0.4, -0.2) is 17.0 Å². The zero-order valence-electron chi connectivity index (χ0n) is 9.36. The summed E-state index contributed by atoms with van der Waals surface area (Å²) in [6, 6.07) is 6.85. The normalized spacial score (nSPS) is 11.9. The van der Waals surface area contributed by atoms with E-state index in [0.29, 0.717) is 12.1 Å². The maximum Gasteiger partial charge on any atom is 0.310 e. The molecule has 86 valence electrons. The fraction of sp³-hybridized carbons (Fsp3) is 0.333. The molecule has 0 saturated carbocycles. The summed E-state index contributed by atoms with van der Waals surface area (Å²) in [5, 5.41) is 11.5. The second-order valence-corrected chi connectivity index (χ2v) is 3.58. The van der Waals surface area contributed by atoms with E-state index in [9.17, 15) is 9.59 Å².